The predicted octanol–water partition coefficient (Wildman–Crippen LogP) is 2.53. The molecule has 2 atom stereocenters. The van der Waals surface area contributed by atoms with Gasteiger partial charge in [0.25, 0.3) is 0 Å². The fraction of sp³-hybridized carbons (Fsp3) is 0.600. The second kappa shape index (κ2) is 8.91. The number of hydrogen-bond donors (Lipinski definition) is 1. The Labute approximate surface area is 115 Å². The molecule has 0 aromatic heterocycles. The maximum Gasteiger partial charge on any atom is 0.124 e. The molecule has 0 aliphatic heterocycles. The fourth-order valence-corrected chi connectivity index (χ4v) is 1.94. The summed E-state index contributed by atoms with van der Waals surface area (Å²) >= 11 is 0. The third-order valence-electron chi connectivity index (χ3n) is 3.03. The molecule has 2 N–H and O–H groups in total. The second-order valence-electron chi connectivity index (χ2n) is 4.30. The number of rotatable bonds is 9. The van der Waals surface area contributed by atoms with Crippen molar-refractivity contribution in [2.24, 2.45) is 5.73 Å². The van der Waals surface area contributed by atoms with Gasteiger partial charge in [0.2, 0.25) is 0 Å². The first-order valence-corrected chi connectivity index (χ1v) is 6.82. The number of methoxy groups -OCH3 is 1. The van der Waals surface area contributed by atoms with Crippen LogP contribution in [0.2, 0.25) is 0 Å². The number of para-hydroxylation sites is 1. The van der Waals surface area contributed by atoms with Crippen molar-refractivity contribution in [2.45, 2.75) is 32.4 Å². The summed E-state index contributed by atoms with van der Waals surface area (Å²) in [6.07, 6.45) is 0.679. The lowest BCUT2D eigenvalue weighted by Crippen LogP contribution is -2.30. The van der Waals surface area contributed by atoms with E-state index in [4.69, 9.17) is 19.9 Å². The molecule has 0 fully saturated rings. The Morgan fingerprint density at radius 1 is 1.16 bits per heavy atom. The van der Waals surface area contributed by atoms with E-state index in [0.717, 1.165) is 17.7 Å². The van der Waals surface area contributed by atoms with E-state index in [1.54, 1.807) is 7.11 Å². The van der Waals surface area contributed by atoms with Gasteiger partial charge in [0.15, 0.2) is 0 Å². The molecule has 0 aliphatic carbocycles. The number of benzene rings is 1. The van der Waals surface area contributed by atoms with Gasteiger partial charge in [-0.3, -0.25) is 0 Å². The molecule has 2 unspecified atom stereocenters. The summed E-state index contributed by atoms with van der Waals surface area (Å²) in [6.45, 7) is 5.83. The molecule has 0 aliphatic rings. The maximum absolute atomic E-state index is 6.17. The third-order valence-corrected chi connectivity index (χ3v) is 3.03. The molecule has 4 nitrogen and oxygen atoms in total. The first-order valence-electron chi connectivity index (χ1n) is 6.82. The first-order chi connectivity index (χ1) is 9.24. The molecule has 0 saturated carbocycles. The lowest BCUT2D eigenvalue weighted by molar-refractivity contribution is -0.00642. The minimum absolute atomic E-state index is 0.0575. The smallest absolute Gasteiger partial charge is 0.124 e. The van der Waals surface area contributed by atoms with Crippen LogP contribution >= 0.6 is 0 Å². The van der Waals surface area contributed by atoms with E-state index in [-0.39, 0.29) is 12.1 Å². The molecule has 0 radical (unpaired) electrons. The fourth-order valence-electron chi connectivity index (χ4n) is 1.94. The van der Waals surface area contributed by atoms with Gasteiger partial charge < -0.3 is 19.9 Å². The molecular formula is C15H25NO3. The molecule has 19 heavy (non-hydrogen) atoms. The van der Waals surface area contributed by atoms with Gasteiger partial charge in [0, 0.05) is 18.2 Å². The molecule has 108 valence electrons. The van der Waals surface area contributed by atoms with E-state index >= 15 is 0 Å². The summed E-state index contributed by atoms with van der Waals surface area (Å²) in [4.78, 5) is 0. The van der Waals surface area contributed by atoms with Crippen LogP contribution in [0, 0.1) is 0 Å². The zero-order chi connectivity index (χ0) is 14.1. The maximum atomic E-state index is 6.17. The molecule has 0 heterocycles. The number of hydrogen-bond acceptors (Lipinski definition) is 4. The highest BCUT2D eigenvalue weighted by molar-refractivity contribution is 5.35. The van der Waals surface area contributed by atoms with Crippen molar-refractivity contribution in [3.63, 3.8) is 0 Å². The first kappa shape index (κ1) is 16.0. The van der Waals surface area contributed by atoms with Gasteiger partial charge in [-0.15, -0.1) is 0 Å². The molecule has 1 rings (SSSR count). The summed E-state index contributed by atoms with van der Waals surface area (Å²) in [7, 11) is 1.66. The average molecular weight is 267 g/mol. The highest BCUT2D eigenvalue weighted by Crippen LogP contribution is 2.30. The Morgan fingerprint density at radius 2 is 1.89 bits per heavy atom. The molecule has 1 aromatic carbocycles. The van der Waals surface area contributed by atoms with Crippen LogP contribution in [0.25, 0.3) is 0 Å². The van der Waals surface area contributed by atoms with Gasteiger partial charge in [-0.05, 0) is 19.4 Å². The van der Waals surface area contributed by atoms with Crippen LogP contribution in [0.4, 0.5) is 0 Å². The third kappa shape index (κ3) is 4.82. The number of ether oxygens (including phenoxy) is 3. The predicted molar refractivity (Wildman–Crippen MR) is 76.4 cm³/mol. The van der Waals surface area contributed by atoms with Crippen LogP contribution in [0.1, 0.15) is 31.9 Å². The summed E-state index contributed by atoms with van der Waals surface area (Å²) in [6, 6.07) is 7.78. The molecule has 4 heteroatoms. The quantitative estimate of drug-likeness (QED) is 0.699. The Hall–Kier alpha value is -1.10. The highest BCUT2D eigenvalue weighted by atomic mass is 16.5. The van der Waals surface area contributed by atoms with Crippen LogP contribution in [-0.2, 0) is 9.47 Å². The van der Waals surface area contributed by atoms with Crippen molar-refractivity contribution >= 4 is 0 Å². The van der Waals surface area contributed by atoms with Crippen LogP contribution in [0.15, 0.2) is 24.3 Å². The Bertz CT molecular complexity index is 357. The minimum atomic E-state index is -0.165. The van der Waals surface area contributed by atoms with Gasteiger partial charge in [-0.2, -0.15) is 0 Å². The van der Waals surface area contributed by atoms with Gasteiger partial charge in [0.1, 0.15) is 11.9 Å². The Kier molecular flexibility index (Phi) is 7.48. The number of nitrogens with two attached hydrogens (primary N) is 1. The van der Waals surface area contributed by atoms with Crippen LogP contribution < -0.4 is 10.5 Å². The minimum Gasteiger partial charge on any atom is -0.496 e. The van der Waals surface area contributed by atoms with Gasteiger partial charge in [0.05, 0.1) is 20.3 Å². The van der Waals surface area contributed by atoms with Gasteiger partial charge in [-0.1, -0.05) is 25.1 Å². The average Bonchev–Trinajstić information content (AvgIpc) is 2.46. The van der Waals surface area contributed by atoms with Crippen LogP contribution in [0.3, 0.4) is 0 Å². The monoisotopic (exact) mass is 267 g/mol. The SMILES string of the molecule is CCOCCOC(c1ccccc1OC)C(N)CC. The zero-order valence-electron chi connectivity index (χ0n) is 12.1. The molecular weight excluding hydrogens is 242 g/mol. The molecule has 0 spiro atoms. The van der Waals surface area contributed by atoms with E-state index in [1.807, 2.05) is 31.2 Å². The van der Waals surface area contributed by atoms with E-state index < -0.39 is 0 Å². The second-order valence-corrected chi connectivity index (χ2v) is 4.30. The van der Waals surface area contributed by atoms with E-state index in [2.05, 4.69) is 6.92 Å². The lowest BCUT2D eigenvalue weighted by atomic mass is 10.00. The van der Waals surface area contributed by atoms with Crippen molar-refractivity contribution in [3.05, 3.63) is 29.8 Å². The van der Waals surface area contributed by atoms with Crippen molar-refractivity contribution in [2.75, 3.05) is 26.9 Å². The molecule has 1 aromatic rings. The van der Waals surface area contributed by atoms with Crippen molar-refractivity contribution in [3.8, 4) is 5.75 Å². The normalized spacial score (nSPS) is 14.1. The highest BCUT2D eigenvalue weighted by Gasteiger charge is 2.22. The van der Waals surface area contributed by atoms with E-state index in [0.29, 0.717) is 19.8 Å². The van der Waals surface area contributed by atoms with E-state index in [1.165, 1.54) is 0 Å². The largest absolute Gasteiger partial charge is 0.496 e. The molecule has 0 saturated heterocycles. The van der Waals surface area contributed by atoms with Gasteiger partial charge in [-0.25, -0.2) is 0 Å². The zero-order valence-corrected chi connectivity index (χ0v) is 12.1. The lowest BCUT2D eigenvalue weighted by Gasteiger charge is -2.25. The molecule has 0 bridgehead atoms. The Morgan fingerprint density at radius 3 is 2.53 bits per heavy atom. The van der Waals surface area contributed by atoms with Crippen LogP contribution in [-0.4, -0.2) is 33.0 Å². The van der Waals surface area contributed by atoms with E-state index in [9.17, 15) is 0 Å². The summed E-state index contributed by atoms with van der Waals surface area (Å²) in [5.74, 6) is 0.813. The van der Waals surface area contributed by atoms with Crippen molar-refractivity contribution in [1.82, 2.24) is 0 Å². The summed E-state index contributed by atoms with van der Waals surface area (Å²) < 4.78 is 16.6. The Balaban J connectivity index is 2.77. The van der Waals surface area contributed by atoms with Crippen molar-refractivity contribution < 1.29 is 14.2 Å². The standard InChI is InChI=1S/C15H25NO3/c1-4-13(16)15(19-11-10-18-5-2)12-8-6-7-9-14(12)17-3/h6-9,13,15H,4-5,10-11,16H2,1-3H3. The van der Waals surface area contributed by atoms with Gasteiger partial charge >= 0.3 is 0 Å². The topological polar surface area (TPSA) is 53.7 Å². The van der Waals surface area contributed by atoms with Crippen LogP contribution in [0.5, 0.6) is 5.75 Å². The summed E-state index contributed by atoms with van der Waals surface area (Å²) in [5.41, 5.74) is 7.16. The van der Waals surface area contributed by atoms with Crippen molar-refractivity contribution in [1.29, 1.82) is 0 Å². The molecule has 0 amide bonds. The summed E-state index contributed by atoms with van der Waals surface area (Å²) in [5, 5.41) is 0.